The molecule has 0 atom stereocenters. The Morgan fingerprint density at radius 1 is 0.367 bits per heavy atom. The van der Waals surface area contributed by atoms with Crippen LogP contribution in [0.15, 0.2) is 167 Å². The van der Waals surface area contributed by atoms with Gasteiger partial charge in [0.25, 0.3) is 0 Å². The lowest BCUT2D eigenvalue weighted by Crippen LogP contribution is -1.91. The summed E-state index contributed by atoms with van der Waals surface area (Å²) in [4.78, 5) is 0. The molecule has 11 aromatic rings. The first-order valence-corrected chi connectivity index (χ1v) is 17.4. The summed E-state index contributed by atoms with van der Waals surface area (Å²) in [6.45, 7) is 0. The van der Waals surface area contributed by atoms with E-state index in [0.29, 0.717) is 0 Å². The lowest BCUT2D eigenvalue weighted by molar-refractivity contribution is 0.631. The summed E-state index contributed by atoms with van der Waals surface area (Å²) in [6, 6.07) is 56.5. The lowest BCUT2D eigenvalue weighted by atomic mass is 9.84. The first-order chi connectivity index (χ1) is 24.3. The zero-order chi connectivity index (χ0) is 32.1. The Morgan fingerprint density at radius 3 is 1.73 bits per heavy atom. The molecule has 49 heavy (non-hydrogen) atoms. The molecule has 0 unspecified atom stereocenters. The molecule has 2 nitrogen and oxygen atoms in total. The van der Waals surface area contributed by atoms with Gasteiger partial charge in [0.1, 0.15) is 22.5 Å². The van der Waals surface area contributed by atoms with Crippen LogP contribution in [0.5, 0.6) is 0 Å². The average Bonchev–Trinajstić information content (AvgIpc) is 3.87. The van der Waals surface area contributed by atoms with Gasteiger partial charge in [0.15, 0.2) is 0 Å². The van der Waals surface area contributed by atoms with Crippen LogP contribution >= 0.6 is 11.3 Å². The number of fused-ring (bicyclic) bond motifs is 10. The lowest BCUT2D eigenvalue weighted by Gasteiger charge is -2.18. The molecule has 0 amide bonds. The van der Waals surface area contributed by atoms with E-state index in [1.807, 2.05) is 35.6 Å². The molecular formula is C46H26O2S. The molecule has 0 bridgehead atoms. The van der Waals surface area contributed by atoms with Crippen LogP contribution in [-0.2, 0) is 0 Å². The zero-order valence-corrected chi connectivity index (χ0v) is 27.1. The molecule has 0 aliphatic carbocycles. The first kappa shape index (κ1) is 26.9. The summed E-state index contributed by atoms with van der Waals surface area (Å²) >= 11 is 1.86. The summed E-state index contributed by atoms with van der Waals surface area (Å²) in [5.41, 5.74) is 8.36. The monoisotopic (exact) mass is 642 g/mol. The van der Waals surface area contributed by atoms with E-state index >= 15 is 0 Å². The van der Waals surface area contributed by atoms with Crippen LogP contribution in [0.2, 0.25) is 0 Å². The molecule has 11 rings (SSSR count). The highest BCUT2D eigenvalue weighted by atomic mass is 32.1. The summed E-state index contributed by atoms with van der Waals surface area (Å²) in [5.74, 6) is 0.830. The van der Waals surface area contributed by atoms with Gasteiger partial charge < -0.3 is 8.83 Å². The van der Waals surface area contributed by atoms with Gasteiger partial charge in [-0.15, -0.1) is 11.3 Å². The second kappa shape index (κ2) is 10.2. The molecule has 0 spiro atoms. The molecule has 3 heterocycles. The fourth-order valence-corrected chi connectivity index (χ4v) is 9.04. The third-order valence-electron chi connectivity index (χ3n) is 10.1. The van der Waals surface area contributed by atoms with Crippen molar-refractivity contribution in [2.45, 2.75) is 0 Å². The normalized spacial score (nSPS) is 12.1. The Morgan fingerprint density at radius 2 is 0.980 bits per heavy atom. The van der Waals surface area contributed by atoms with Gasteiger partial charge in [-0.3, -0.25) is 0 Å². The number of furan rings is 2. The topological polar surface area (TPSA) is 26.3 Å². The van der Waals surface area contributed by atoms with Crippen LogP contribution in [0.1, 0.15) is 0 Å². The second-order valence-electron chi connectivity index (χ2n) is 12.8. The van der Waals surface area contributed by atoms with Crippen LogP contribution in [0.4, 0.5) is 0 Å². The predicted octanol–water partition coefficient (Wildman–Crippen LogP) is 14.0. The number of thiophene rings is 1. The summed E-state index contributed by atoms with van der Waals surface area (Å²) in [5, 5.41) is 10.7. The van der Waals surface area contributed by atoms with Gasteiger partial charge in [0.2, 0.25) is 0 Å². The van der Waals surface area contributed by atoms with Crippen molar-refractivity contribution in [1.82, 2.24) is 0 Å². The molecule has 0 N–H and O–H groups in total. The van der Waals surface area contributed by atoms with E-state index in [4.69, 9.17) is 8.83 Å². The van der Waals surface area contributed by atoms with Gasteiger partial charge in [-0.25, -0.2) is 0 Å². The molecule has 0 saturated carbocycles. The Hall–Kier alpha value is -6.16. The van der Waals surface area contributed by atoms with E-state index < -0.39 is 0 Å². The standard InChI is InChI=1S/C46H26O2S/c1-2-12-27(13-3-1)39-25-36-40(47-39)26-37(45-34-19-8-10-20-38(34)48-46(36)45)44-32-17-6-4-15-30(32)43(31-16-5-7-18-33(31)44)28-22-23-42-35(24-28)29-14-9-11-21-41(29)49-42/h1-26H. The largest absolute Gasteiger partial charge is 0.456 e. The third-order valence-corrected chi connectivity index (χ3v) is 11.2. The number of hydrogen-bond acceptors (Lipinski definition) is 3. The van der Waals surface area contributed by atoms with Crippen LogP contribution < -0.4 is 0 Å². The average molecular weight is 643 g/mol. The molecular weight excluding hydrogens is 617 g/mol. The highest BCUT2D eigenvalue weighted by Crippen LogP contribution is 2.50. The maximum atomic E-state index is 6.70. The molecule has 0 aliphatic rings. The van der Waals surface area contributed by atoms with E-state index in [0.717, 1.165) is 49.8 Å². The van der Waals surface area contributed by atoms with Crippen molar-refractivity contribution in [3.63, 3.8) is 0 Å². The highest BCUT2D eigenvalue weighted by Gasteiger charge is 2.24. The Balaban J connectivity index is 1.27. The predicted molar refractivity (Wildman–Crippen MR) is 208 cm³/mol. The molecule has 0 fully saturated rings. The van der Waals surface area contributed by atoms with Crippen molar-refractivity contribution < 1.29 is 8.83 Å². The van der Waals surface area contributed by atoms with Crippen LogP contribution in [0.25, 0.3) is 108 Å². The molecule has 0 radical (unpaired) electrons. The molecule has 0 saturated heterocycles. The fourth-order valence-electron chi connectivity index (χ4n) is 7.95. The highest BCUT2D eigenvalue weighted by molar-refractivity contribution is 7.25. The van der Waals surface area contributed by atoms with Crippen LogP contribution in [0.3, 0.4) is 0 Å². The Labute approximate surface area is 285 Å². The van der Waals surface area contributed by atoms with Crippen molar-refractivity contribution in [3.05, 3.63) is 158 Å². The van der Waals surface area contributed by atoms with Gasteiger partial charge in [-0.1, -0.05) is 121 Å². The van der Waals surface area contributed by atoms with E-state index in [-0.39, 0.29) is 0 Å². The number of benzene rings is 8. The molecule has 8 aromatic carbocycles. The van der Waals surface area contributed by atoms with Crippen LogP contribution in [-0.4, -0.2) is 0 Å². The van der Waals surface area contributed by atoms with Crippen molar-refractivity contribution in [1.29, 1.82) is 0 Å². The van der Waals surface area contributed by atoms with Crippen molar-refractivity contribution >= 4 is 86.0 Å². The smallest absolute Gasteiger partial charge is 0.147 e. The van der Waals surface area contributed by atoms with Gasteiger partial charge in [-0.05, 0) is 80.2 Å². The zero-order valence-electron chi connectivity index (χ0n) is 26.2. The van der Waals surface area contributed by atoms with E-state index in [1.165, 1.54) is 58.4 Å². The van der Waals surface area contributed by atoms with Gasteiger partial charge >= 0.3 is 0 Å². The molecule has 3 aromatic heterocycles. The fraction of sp³-hybridized carbons (Fsp3) is 0. The maximum absolute atomic E-state index is 6.70. The second-order valence-corrected chi connectivity index (χ2v) is 13.8. The van der Waals surface area contributed by atoms with E-state index in [2.05, 4.69) is 133 Å². The number of para-hydroxylation sites is 1. The van der Waals surface area contributed by atoms with Crippen molar-refractivity contribution in [2.24, 2.45) is 0 Å². The number of hydrogen-bond donors (Lipinski definition) is 0. The maximum Gasteiger partial charge on any atom is 0.147 e. The Kier molecular flexibility index (Phi) is 5.57. The minimum Gasteiger partial charge on any atom is -0.456 e. The van der Waals surface area contributed by atoms with Gasteiger partial charge in [0.05, 0.1) is 5.39 Å². The van der Waals surface area contributed by atoms with Gasteiger partial charge in [-0.2, -0.15) is 0 Å². The third kappa shape index (κ3) is 3.88. The molecule has 228 valence electrons. The SMILES string of the molecule is c1ccc(-c2cc3c(cc(-c4c5ccccc5c(-c5ccc6sc7ccccc7c6c5)c5ccccc45)c4c5ccccc5oc34)o2)cc1. The molecule has 3 heteroatoms. The number of rotatable bonds is 3. The minimum absolute atomic E-state index is 0.812. The summed E-state index contributed by atoms with van der Waals surface area (Å²) in [7, 11) is 0. The molecule has 0 aliphatic heterocycles. The van der Waals surface area contributed by atoms with Gasteiger partial charge in [0, 0.05) is 36.5 Å². The van der Waals surface area contributed by atoms with E-state index in [1.54, 1.807) is 0 Å². The minimum atomic E-state index is 0.812. The van der Waals surface area contributed by atoms with E-state index in [9.17, 15) is 0 Å². The summed E-state index contributed by atoms with van der Waals surface area (Å²) < 4.78 is 16.0. The first-order valence-electron chi connectivity index (χ1n) is 16.6. The Bertz CT molecular complexity index is 3050. The van der Waals surface area contributed by atoms with Crippen LogP contribution in [0, 0.1) is 0 Å². The van der Waals surface area contributed by atoms with Crippen molar-refractivity contribution in [2.75, 3.05) is 0 Å². The quantitative estimate of drug-likeness (QED) is 0.179. The van der Waals surface area contributed by atoms with Crippen molar-refractivity contribution in [3.8, 4) is 33.6 Å². The summed E-state index contributed by atoms with van der Waals surface area (Å²) in [6.07, 6.45) is 0.